The number of hydrogen-bond donors (Lipinski definition) is 1. The third kappa shape index (κ3) is 3.74. The van der Waals surface area contributed by atoms with Crippen LogP contribution in [-0.2, 0) is 4.79 Å². The molecule has 1 aliphatic heterocycles. The summed E-state index contributed by atoms with van der Waals surface area (Å²) in [5, 5.41) is 7.55. The maximum absolute atomic E-state index is 13.3. The van der Waals surface area contributed by atoms with Gasteiger partial charge in [-0.15, -0.1) is 0 Å². The molecule has 8 nitrogen and oxygen atoms in total. The van der Waals surface area contributed by atoms with Crippen molar-refractivity contribution in [1.29, 1.82) is 0 Å². The van der Waals surface area contributed by atoms with Crippen molar-refractivity contribution >= 4 is 22.9 Å². The summed E-state index contributed by atoms with van der Waals surface area (Å²) in [6, 6.07) is 5.39. The number of hydrogen-bond acceptors (Lipinski definition) is 6. The van der Waals surface area contributed by atoms with E-state index in [9.17, 15) is 9.59 Å². The summed E-state index contributed by atoms with van der Waals surface area (Å²) in [6.45, 7) is 6.74. The number of aromatic nitrogens is 2. The molecule has 4 rings (SSSR count). The highest BCUT2D eigenvalue weighted by atomic mass is 16.5. The Bertz CT molecular complexity index is 1030. The smallest absolute Gasteiger partial charge is 0.259 e. The van der Waals surface area contributed by atoms with Crippen LogP contribution in [0.1, 0.15) is 42.7 Å². The van der Waals surface area contributed by atoms with Crippen LogP contribution >= 0.6 is 0 Å². The van der Waals surface area contributed by atoms with Crippen LogP contribution in [0, 0.1) is 12.8 Å². The van der Waals surface area contributed by atoms with E-state index in [0.717, 1.165) is 0 Å². The summed E-state index contributed by atoms with van der Waals surface area (Å²) >= 11 is 0. The molecule has 152 valence electrons. The molecule has 0 aromatic carbocycles. The molecule has 1 aliphatic rings. The minimum atomic E-state index is -0.112. The van der Waals surface area contributed by atoms with Crippen molar-refractivity contribution in [2.24, 2.45) is 5.92 Å². The number of likely N-dealkylation sites (tertiary alicyclic amines) is 1. The quantitative estimate of drug-likeness (QED) is 0.727. The first-order chi connectivity index (χ1) is 13.9. The van der Waals surface area contributed by atoms with Gasteiger partial charge in [0.25, 0.3) is 11.6 Å². The summed E-state index contributed by atoms with van der Waals surface area (Å²) in [7, 11) is 0. The van der Waals surface area contributed by atoms with Crippen molar-refractivity contribution in [3.8, 4) is 11.5 Å². The van der Waals surface area contributed by atoms with E-state index in [-0.39, 0.29) is 23.8 Å². The van der Waals surface area contributed by atoms with Crippen LogP contribution in [0.3, 0.4) is 0 Å². The van der Waals surface area contributed by atoms with Gasteiger partial charge in [-0.3, -0.25) is 9.59 Å². The molecule has 29 heavy (non-hydrogen) atoms. The molecule has 0 radical (unpaired) electrons. The lowest BCUT2D eigenvalue weighted by molar-refractivity contribution is -0.126. The number of furan rings is 1. The first-order valence-corrected chi connectivity index (χ1v) is 9.84. The first kappa shape index (κ1) is 19.2. The van der Waals surface area contributed by atoms with Gasteiger partial charge in [0.2, 0.25) is 5.91 Å². The lowest BCUT2D eigenvalue weighted by atomic mass is 9.95. The molecule has 0 bridgehead atoms. The number of carbonyl (C=O) groups is 2. The second-order valence-electron chi connectivity index (χ2n) is 7.71. The molecular weight excluding hydrogens is 372 g/mol. The molecule has 8 heteroatoms. The zero-order chi connectivity index (χ0) is 20.5. The van der Waals surface area contributed by atoms with Crippen LogP contribution in [0.15, 0.2) is 33.4 Å². The number of aryl methyl sites for hydroxylation is 1. The van der Waals surface area contributed by atoms with E-state index >= 15 is 0 Å². The summed E-state index contributed by atoms with van der Waals surface area (Å²) in [5.74, 6) is 0.446. The van der Waals surface area contributed by atoms with Crippen LogP contribution in [0.4, 0.5) is 0 Å². The molecule has 4 heterocycles. The zero-order valence-electron chi connectivity index (χ0n) is 16.8. The Balaban J connectivity index is 1.59. The van der Waals surface area contributed by atoms with Crippen molar-refractivity contribution in [1.82, 2.24) is 20.4 Å². The summed E-state index contributed by atoms with van der Waals surface area (Å²) < 4.78 is 10.8. The fourth-order valence-electron chi connectivity index (χ4n) is 3.73. The number of nitrogens with zero attached hydrogens (tertiary/aromatic N) is 3. The average Bonchev–Trinajstić information content (AvgIpc) is 3.37. The van der Waals surface area contributed by atoms with Gasteiger partial charge in [0.1, 0.15) is 5.69 Å². The number of nitrogens with one attached hydrogen (secondary N) is 1. The summed E-state index contributed by atoms with van der Waals surface area (Å²) in [4.78, 5) is 31.8. The Morgan fingerprint density at radius 2 is 2.03 bits per heavy atom. The third-order valence-corrected chi connectivity index (χ3v) is 5.21. The van der Waals surface area contributed by atoms with Crippen LogP contribution in [0.5, 0.6) is 0 Å². The molecule has 1 saturated heterocycles. The first-order valence-electron chi connectivity index (χ1n) is 9.84. The third-order valence-electron chi connectivity index (χ3n) is 5.21. The molecule has 1 fully saturated rings. The van der Waals surface area contributed by atoms with Crippen LogP contribution in [-0.4, -0.2) is 46.0 Å². The Kier molecular flexibility index (Phi) is 5.08. The van der Waals surface area contributed by atoms with E-state index in [4.69, 9.17) is 8.94 Å². The number of amides is 2. The fourth-order valence-corrected chi connectivity index (χ4v) is 3.73. The molecule has 2 amide bonds. The van der Waals surface area contributed by atoms with Crippen LogP contribution in [0.2, 0.25) is 0 Å². The number of carbonyl (C=O) groups excluding carboxylic acids is 2. The van der Waals surface area contributed by atoms with Gasteiger partial charge in [0, 0.05) is 25.0 Å². The van der Waals surface area contributed by atoms with E-state index in [2.05, 4.69) is 15.5 Å². The monoisotopic (exact) mass is 396 g/mol. The molecule has 0 unspecified atom stereocenters. The van der Waals surface area contributed by atoms with E-state index < -0.39 is 0 Å². The molecule has 3 aromatic heterocycles. The van der Waals surface area contributed by atoms with Crippen LogP contribution < -0.4 is 5.32 Å². The van der Waals surface area contributed by atoms with Gasteiger partial charge in [-0.05, 0) is 51.8 Å². The fraction of sp³-hybridized carbons (Fsp3) is 0.429. The van der Waals surface area contributed by atoms with E-state index in [0.29, 0.717) is 59.7 Å². The second kappa shape index (κ2) is 7.69. The summed E-state index contributed by atoms with van der Waals surface area (Å²) in [5.41, 5.74) is 1.94. The second-order valence-corrected chi connectivity index (χ2v) is 7.71. The molecule has 3 aromatic rings. The lowest BCUT2D eigenvalue weighted by Gasteiger charge is -2.32. The molecule has 1 N–H and O–H groups in total. The van der Waals surface area contributed by atoms with Crippen molar-refractivity contribution in [3.63, 3.8) is 0 Å². The predicted molar refractivity (Wildman–Crippen MR) is 106 cm³/mol. The highest BCUT2D eigenvalue weighted by Crippen LogP contribution is 2.29. The molecule has 0 saturated carbocycles. The predicted octanol–water partition coefficient (Wildman–Crippen LogP) is 3.17. The van der Waals surface area contributed by atoms with Gasteiger partial charge < -0.3 is 19.2 Å². The van der Waals surface area contributed by atoms with Crippen molar-refractivity contribution in [2.75, 3.05) is 13.1 Å². The minimum Gasteiger partial charge on any atom is -0.463 e. The Labute approximate surface area is 168 Å². The molecule has 0 spiro atoms. The molecule has 0 aliphatic carbocycles. The van der Waals surface area contributed by atoms with E-state index in [1.165, 1.54) is 0 Å². The normalized spacial score (nSPS) is 15.2. The van der Waals surface area contributed by atoms with Crippen LogP contribution in [0.25, 0.3) is 22.6 Å². The van der Waals surface area contributed by atoms with Crippen molar-refractivity contribution in [2.45, 2.75) is 39.7 Å². The van der Waals surface area contributed by atoms with Gasteiger partial charge in [-0.2, -0.15) is 0 Å². The van der Waals surface area contributed by atoms with Gasteiger partial charge >= 0.3 is 0 Å². The highest BCUT2D eigenvalue weighted by molar-refractivity contribution is 6.07. The maximum Gasteiger partial charge on any atom is 0.259 e. The number of piperidine rings is 1. The number of pyridine rings is 1. The standard InChI is InChI=1S/C21H24N4O4/c1-12(2)22-19(26)14-6-8-25(9-7-14)21(27)15-11-16(17-5-4-10-28-17)23-20-18(15)13(3)24-29-20/h4-5,10-12,14H,6-9H2,1-3H3,(H,22,26). The van der Waals surface area contributed by atoms with Gasteiger partial charge in [0.05, 0.1) is 22.9 Å². The van der Waals surface area contributed by atoms with Gasteiger partial charge in [-0.25, -0.2) is 4.98 Å². The Hall–Kier alpha value is -3.16. The lowest BCUT2D eigenvalue weighted by Crippen LogP contribution is -2.44. The number of rotatable bonds is 4. The largest absolute Gasteiger partial charge is 0.463 e. The van der Waals surface area contributed by atoms with Gasteiger partial charge in [-0.1, -0.05) is 5.16 Å². The number of fused-ring (bicyclic) bond motifs is 1. The topological polar surface area (TPSA) is 101 Å². The Morgan fingerprint density at radius 1 is 1.28 bits per heavy atom. The molecule has 0 atom stereocenters. The maximum atomic E-state index is 13.3. The van der Waals surface area contributed by atoms with Gasteiger partial charge in [0.15, 0.2) is 5.76 Å². The summed E-state index contributed by atoms with van der Waals surface area (Å²) in [6.07, 6.45) is 2.85. The minimum absolute atomic E-state index is 0.0603. The average molecular weight is 396 g/mol. The SMILES string of the molecule is Cc1noc2nc(-c3ccco3)cc(C(=O)N3CCC(C(=O)NC(C)C)CC3)c12. The Morgan fingerprint density at radius 3 is 2.69 bits per heavy atom. The highest BCUT2D eigenvalue weighted by Gasteiger charge is 2.30. The van der Waals surface area contributed by atoms with Crippen molar-refractivity contribution in [3.05, 3.63) is 35.7 Å². The van der Waals surface area contributed by atoms with E-state index in [1.54, 1.807) is 36.3 Å². The van der Waals surface area contributed by atoms with Crippen molar-refractivity contribution < 1.29 is 18.5 Å². The van der Waals surface area contributed by atoms with E-state index in [1.807, 2.05) is 13.8 Å². The zero-order valence-corrected chi connectivity index (χ0v) is 16.8. The molecular formula is C21H24N4O4.